The number of hydrogen-bond donors (Lipinski definition) is 3. The summed E-state index contributed by atoms with van der Waals surface area (Å²) in [7, 11) is 0. The number of aromatic nitrogens is 2. The van der Waals surface area contributed by atoms with Crippen LogP contribution in [0, 0.1) is 12.8 Å². The molecule has 0 amide bonds. The maximum absolute atomic E-state index is 12.1. The molecule has 3 N–H and O–H groups in total. The number of H-pyrrole nitrogens is 1. The molecule has 32 heavy (non-hydrogen) atoms. The number of ether oxygens (including phenoxy) is 1. The molecule has 0 saturated heterocycles. The van der Waals surface area contributed by atoms with Crippen LogP contribution in [0.15, 0.2) is 36.4 Å². The van der Waals surface area contributed by atoms with E-state index in [1.165, 1.54) is 62.4 Å². The van der Waals surface area contributed by atoms with Crippen LogP contribution in [0.2, 0.25) is 0 Å². The molecule has 1 fully saturated rings. The summed E-state index contributed by atoms with van der Waals surface area (Å²) in [6.07, 6.45) is 2.69. The number of carboxylic acid groups (broad SMARTS) is 1. The Morgan fingerprint density at radius 1 is 1.16 bits per heavy atom. The summed E-state index contributed by atoms with van der Waals surface area (Å²) in [5.74, 6) is -0.00304. The van der Waals surface area contributed by atoms with E-state index >= 15 is 0 Å². The number of halogens is 3. The molecule has 0 radical (unpaired) electrons. The second-order valence-electron chi connectivity index (χ2n) is 8.02. The first-order valence-corrected chi connectivity index (χ1v) is 10.5. The molecule has 1 aromatic heterocycles. The van der Waals surface area contributed by atoms with Crippen LogP contribution in [0.4, 0.5) is 24.8 Å². The van der Waals surface area contributed by atoms with Gasteiger partial charge in [-0.05, 0) is 54.8 Å². The van der Waals surface area contributed by atoms with Crippen molar-refractivity contribution in [2.45, 2.75) is 52.3 Å². The van der Waals surface area contributed by atoms with Crippen molar-refractivity contribution in [3.05, 3.63) is 47.5 Å². The Morgan fingerprint density at radius 3 is 2.34 bits per heavy atom. The monoisotopic (exact) mass is 449 g/mol. The first-order valence-electron chi connectivity index (χ1n) is 10.5. The van der Waals surface area contributed by atoms with E-state index in [1.54, 1.807) is 13.0 Å². The number of alkyl halides is 3. The summed E-state index contributed by atoms with van der Waals surface area (Å²) in [4.78, 5) is 18.4. The van der Waals surface area contributed by atoms with Gasteiger partial charge in [-0.1, -0.05) is 39.0 Å². The summed E-state index contributed by atoms with van der Waals surface area (Å²) in [6, 6.07) is 8.27. The molecule has 4 rings (SSSR count). The van der Waals surface area contributed by atoms with E-state index in [9.17, 15) is 18.0 Å². The SMILES string of the molecule is CC1CCCCC1.Cc1cc2[nH]c(Nc3ccc(OC(F)(F)F)cc3)nc2cc1C(=O)O. The summed E-state index contributed by atoms with van der Waals surface area (Å²) >= 11 is 0. The number of rotatable bonds is 4. The number of carboxylic acids is 1. The fraction of sp³-hybridized carbons (Fsp3) is 0.391. The van der Waals surface area contributed by atoms with Crippen LogP contribution in [0.3, 0.4) is 0 Å². The van der Waals surface area contributed by atoms with Crippen molar-refractivity contribution in [2.24, 2.45) is 5.92 Å². The van der Waals surface area contributed by atoms with Gasteiger partial charge in [0.15, 0.2) is 0 Å². The van der Waals surface area contributed by atoms with Crippen molar-refractivity contribution in [3.63, 3.8) is 0 Å². The predicted molar refractivity (Wildman–Crippen MR) is 116 cm³/mol. The van der Waals surface area contributed by atoms with Crippen LogP contribution < -0.4 is 10.1 Å². The predicted octanol–water partition coefficient (Wildman–Crippen LogP) is 6.80. The zero-order valence-electron chi connectivity index (χ0n) is 17.9. The van der Waals surface area contributed by atoms with E-state index in [0.29, 0.717) is 28.2 Å². The Morgan fingerprint density at radius 2 is 1.81 bits per heavy atom. The minimum absolute atomic E-state index is 0.152. The summed E-state index contributed by atoms with van der Waals surface area (Å²) in [5.41, 5.74) is 2.33. The molecule has 1 saturated carbocycles. The number of aromatic carboxylic acids is 1. The highest BCUT2D eigenvalue weighted by Crippen LogP contribution is 2.26. The van der Waals surface area contributed by atoms with Gasteiger partial charge in [-0.25, -0.2) is 9.78 Å². The van der Waals surface area contributed by atoms with Crippen molar-refractivity contribution >= 4 is 28.6 Å². The number of fused-ring (bicyclic) bond motifs is 1. The van der Waals surface area contributed by atoms with Gasteiger partial charge in [0.25, 0.3) is 0 Å². The molecule has 0 aliphatic heterocycles. The second-order valence-corrected chi connectivity index (χ2v) is 8.02. The highest BCUT2D eigenvalue weighted by molar-refractivity contribution is 5.94. The Balaban J connectivity index is 0.000000352. The molecular weight excluding hydrogens is 423 g/mol. The molecule has 3 aromatic rings. The summed E-state index contributed by atoms with van der Waals surface area (Å²) in [5, 5.41) is 12.0. The molecule has 1 aliphatic carbocycles. The Hall–Kier alpha value is -3.23. The van der Waals surface area contributed by atoms with Crippen molar-refractivity contribution in [3.8, 4) is 5.75 Å². The second kappa shape index (κ2) is 9.93. The zero-order chi connectivity index (χ0) is 23.3. The highest BCUT2D eigenvalue weighted by Gasteiger charge is 2.30. The molecule has 1 aliphatic rings. The lowest BCUT2D eigenvalue weighted by Gasteiger charge is -2.15. The van der Waals surface area contributed by atoms with Gasteiger partial charge in [0, 0.05) is 5.69 Å². The van der Waals surface area contributed by atoms with Crippen LogP contribution in [0.1, 0.15) is 54.9 Å². The highest BCUT2D eigenvalue weighted by atomic mass is 19.4. The molecule has 6 nitrogen and oxygen atoms in total. The van der Waals surface area contributed by atoms with Gasteiger partial charge in [0.2, 0.25) is 5.95 Å². The third-order valence-electron chi connectivity index (χ3n) is 5.30. The van der Waals surface area contributed by atoms with Gasteiger partial charge in [0.05, 0.1) is 16.6 Å². The normalized spacial score (nSPS) is 14.5. The number of carbonyl (C=O) groups is 1. The fourth-order valence-corrected chi connectivity index (χ4v) is 3.64. The molecule has 0 spiro atoms. The van der Waals surface area contributed by atoms with Gasteiger partial charge in [-0.15, -0.1) is 13.2 Å². The van der Waals surface area contributed by atoms with Gasteiger partial charge in [0.1, 0.15) is 5.75 Å². The average molecular weight is 449 g/mol. The van der Waals surface area contributed by atoms with Gasteiger partial charge in [-0.3, -0.25) is 0 Å². The first-order chi connectivity index (χ1) is 15.1. The van der Waals surface area contributed by atoms with Crippen molar-refractivity contribution in [1.82, 2.24) is 9.97 Å². The van der Waals surface area contributed by atoms with Gasteiger partial charge < -0.3 is 20.1 Å². The molecule has 1 heterocycles. The molecular formula is C23H26F3N3O3. The van der Waals surface area contributed by atoms with Crippen LogP contribution in [0.25, 0.3) is 11.0 Å². The largest absolute Gasteiger partial charge is 0.573 e. The number of aromatic amines is 1. The van der Waals surface area contributed by atoms with Crippen LogP contribution >= 0.6 is 0 Å². The number of nitrogens with zero attached hydrogens (tertiary/aromatic N) is 1. The molecule has 0 atom stereocenters. The lowest BCUT2D eigenvalue weighted by atomic mass is 9.91. The Kier molecular flexibility index (Phi) is 7.27. The number of aryl methyl sites for hydroxylation is 1. The third-order valence-corrected chi connectivity index (χ3v) is 5.30. The van der Waals surface area contributed by atoms with Crippen LogP contribution in [0.5, 0.6) is 5.75 Å². The van der Waals surface area contributed by atoms with Crippen molar-refractivity contribution in [2.75, 3.05) is 5.32 Å². The van der Waals surface area contributed by atoms with Crippen molar-refractivity contribution < 1.29 is 27.8 Å². The zero-order valence-corrected chi connectivity index (χ0v) is 17.9. The lowest BCUT2D eigenvalue weighted by Crippen LogP contribution is -2.16. The number of benzene rings is 2. The van der Waals surface area contributed by atoms with E-state index < -0.39 is 12.3 Å². The van der Waals surface area contributed by atoms with E-state index in [4.69, 9.17) is 5.11 Å². The van der Waals surface area contributed by atoms with Gasteiger partial charge in [-0.2, -0.15) is 0 Å². The number of anilines is 2. The van der Waals surface area contributed by atoms with Crippen molar-refractivity contribution in [1.29, 1.82) is 0 Å². The average Bonchev–Trinajstić information content (AvgIpc) is 3.09. The molecule has 172 valence electrons. The third kappa shape index (κ3) is 6.63. The maximum atomic E-state index is 12.1. The van der Waals surface area contributed by atoms with E-state index in [-0.39, 0.29) is 11.3 Å². The summed E-state index contributed by atoms with van der Waals surface area (Å²) in [6.45, 7) is 4.04. The number of imidazole rings is 1. The van der Waals surface area contributed by atoms with Crippen LogP contribution in [-0.4, -0.2) is 27.4 Å². The standard InChI is InChI=1S/C16H12F3N3O3.C7H14/c1-8-6-12-13(7-11(8)14(23)24)22-15(21-12)20-9-2-4-10(5-3-9)25-16(17,18)19;1-7-5-3-2-4-6-7/h2-7H,1H3,(H,23,24)(H2,20,21,22);7H,2-6H2,1H3. The van der Waals surface area contributed by atoms with E-state index in [1.807, 2.05) is 0 Å². The lowest BCUT2D eigenvalue weighted by molar-refractivity contribution is -0.274. The Bertz CT molecular complexity index is 1060. The molecule has 0 unspecified atom stereocenters. The quantitative estimate of drug-likeness (QED) is 0.408. The minimum atomic E-state index is -4.74. The minimum Gasteiger partial charge on any atom is -0.478 e. The molecule has 2 aromatic carbocycles. The molecule has 0 bridgehead atoms. The maximum Gasteiger partial charge on any atom is 0.573 e. The topological polar surface area (TPSA) is 87.2 Å². The number of hydrogen-bond acceptors (Lipinski definition) is 4. The smallest absolute Gasteiger partial charge is 0.478 e. The summed E-state index contributed by atoms with van der Waals surface area (Å²) < 4.78 is 40.2. The Labute approximate surface area is 183 Å². The molecule has 9 heteroatoms. The van der Waals surface area contributed by atoms with Crippen LogP contribution in [-0.2, 0) is 0 Å². The van der Waals surface area contributed by atoms with Gasteiger partial charge >= 0.3 is 12.3 Å². The number of nitrogens with one attached hydrogen (secondary N) is 2. The first kappa shape index (κ1) is 23.4. The van der Waals surface area contributed by atoms with E-state index in [0.717, 1.165) is 5.92 Å². The fourth-order valence-electron chi connectivity index (χ4n) is 3.64. The van der Waals surface area contributed by atoms with E-state index in [2.05, 4.69) is 26.9 Å².